The van der Waals surface area contributed by atoms with Gasteiger partial charge in [0.25, 0.3) is 0 Å². The van der Waals surface area contributed by atoms with E-state index in [9.17, 15) is 0 Å². The Morgan fingerprint density at radius 3 is 1.89 bits per heavy atom. The smallest absolute Gasteiger partial charge is 0.0121 e. The van der Waals surface area contributed by atoms with Gasteiger partial charge in [0.2, 0.25) is 0 Å². The van der Waals surface area contributed by atoms with Crippen LogP contribution in [0.1, 0.15) is 34.6 Å². The van der Waals surface area contributed by atoms with E-state index in [-0.39, 0.29) is 0 Å². The maximum Gasteiger partial charge on any atom is -0.0121 e. The van der Waals surface area contributed by atoms with Gasteiger partial charge in [-0.15, -0.1) is 27.7 Å². The highest BCUT2D eigenvalue weighted by molar-refractivity contribution is 7.16. The second-order valence-corrected chi connectivity index (χ2v) is 8.64. The monoisotopic (exact) mass is 408 g/mol. The minimum absolute atomic E-state index is 0.733. The lowest BCUT2D eigenvalue weighted by Gasteiger charge is -2.11. The molecule has 4 rings (SSSR count). The van der Waals surface area contributed by atoms with Crippen molar-refractivity contribution in [1.29, 1.82) is 0 Å². The molecule has 138 valence electrons. The van der Waals surface area contributed by atoms with Crippen molar-refractivity contribution in [1.82, 2.24) is 0 Å². The van der Waals surface area contributed by atoms with Crippen LogP contribution in [0, 0.1) is 0 Å². The lowest BCUT2D eigenvalue weighted by Crippen LogP contribution is -1.93. The number of hydrogen-bond acceptors (Lipinski definition) is 0. The van der Waals surface area contributed by atoms with Gasteiger partial charge < -0.3 is 0 Å². The fourth-order valence-electron chi connectivity index (χ4n) is 4.18. The number of hydrogen-bond donors (Lipinski definition) is 0. The lowest BCUT2D eigenvalue weighted by molar-refractivity contribution is 0.757. The average Bonchev–Trinajstić information content (AvgIpc) is 3.15. The van der Waals surface area contributed by atoms with Gasteiger partial charge in [-0.25, -0.2) is 0 Å². The minimum Gasteiger partial charge on any atom is -0.137 e. The van der Waals surface area contributed by atoms with Crippen LogP contribution in [0.3, 0.4) is 0 Å². The Labute approximate surface area is 170 Å². The molecule has 0 fully saturated rings. The van der Waals surface area contributed by atoms with Crippen molar-refractivity contribution in [3.05, 3.63) is 82.9 Å². The second kappa shape index (κ2) is 8.53. The molecule has 3 aromatic rings. The fourth-order valence-corrected chi connectivity index (χ4v) is 5.45. The van der Waals surface area contributed by atoms with E-state index in [1.165, 1.54) is 52.4 Å². The third-order valence-corrected chi connectivity index (χ3v) is 7.28. The number of rotatable bonds is 5. The topological polar surface area (TPSA) is 0 Å². The second-order valence-electron chi connectivity index (χ2n) is 7.35. The molecule has 0 heterocycles. The van der Waals surface area contributed by atoms with E-state index in [4.69, 9.17) is 0 Å². The van der Waals surface area contributed by atoms with Crippen molar-refractivity contribution < 1.29 is 0 Å². The van der Waals surface area contributed by atoms with Gasteiger partial charge in [0.1, 0.15) is 0 Å². The Hall–Kier alpha value is -1.05. The van der Waals surface area contributed by atoms with E-state index in [0.29, 0.717) is 0 Å². The van der Waals surface area contributed by atoms with E-state index in [1.807, 2.05) is 0 Å². The molecule has 4 unspecified atom stereocenters. The molecule has 0 aliphatic heterocycles. The molecular weight excluding hydrogens is 381 g/mol. The molecule has 4 atom stereocenters. The summed E-state index contributed by atoms with van der Waals surface area (Å²) in [7, 11) is 8.59. The standard InChI is InChI=1S/C24H27P3/c25-13-21-7-5-18(12-23(21)15-27)16-1-3-17(4-2-16)19-9-10-24-20(11-19)6-8-22(24)14-26/h1-5,7,9-12,22H,6,8,13-15,25-27H2. The Morgan fingerprint density at radius 1 is 0.667 bits per heavy atom. The first-order chi connectivity index (χ1) is 13.2. The molecule has 1 aliphatic rings. The number of fused-ring (bicyclic) bond motifs is 1. The predicted octanol–water partition coefficient (Wildman–Crippen LogP) is 6.68. The van der Waals surface area contributed by atoms with Crippen LogP contribution in [0.5, 0.6) is 0 Å². The molecule has 0 saturated carbocycles. The minimum atomic E-state index is 0.733. The molecular formula is C24H27P3. The van der Waals surface area contributed by atoms with Crippen LogP contribution in [0.4, 0.5) is 0 Å². The van der Waals surface area contributed by atoms with Gasteiger partial charge in [0.05, 0.1) is 0 Å². The van der Waals surface area contributed by atoms with Crippen LogP contribution in [-0.4, -0.2) is 6.16 Å². The third-order valence-electron chi connectivity index (χ3n) is 5.83. The Balaban J connectivity index is 1.62. The zero-order valence-electron chi connectivity index (χ0n) is 15.6. The first-order valence-electron chi connectivity index (χ1n) is 9.69. The van der Waals surface area contributed by atoms with Crippen molar-refractivity contribution in [2.45, 2.75) is 31.1 Å². The first-order valence-corrected chi connectivity index (χ1v) is 12.1. The highest BCUT2D eigenvalue weighted by Crippen LogP contribution is 2.37. The van der Waals surface area contributed by atoms with Crippen LogP contribution >= 0.6 is 27.7 Å². The van der Waals surface area contributed by atoms with Gasteiger partial charge >= 0.3 is 0 Å². The summed E-state index contributed by atoms with van der Waals surface area (Å²) in [6.07, 6.45) is 5.71. The molecule has 0 bridgehead atoms. The van der Waals surface area contributed by atoms with E-state index >= 15 is 0 Å². The van der Waals surface area contributed by atoms with Crippen LogP contribution in [0.15, 0.2) is 60.7 Å². The zero-order valence-corrected chi connectivity index (χ0v) is 19.1. The van der Waals surface area contributed by atoms with Crippen molar-refractivity contribution >= 4 is 27.7 Å². The third kappa shape index (κ3) is 3.91. The molecule has 0 amide bonds. The highest BCUT2D eigenvalue weighted by atomic mass is 31.0. The normalized spacial score (nSPS) is 15.7. The van der Waals surface area contributed by atoms with Gasteiger partial charge in [-0.2, -0.15) is 0 Å². The SMILES string of the molecule is PCc1ccc(-c2ccc(-c3ccc4c(c3)CCC4CP)cc2)cc1CP. The zero-order chi connectivity index (χ0) is 18.8. The summed E-state index contributed by atoms with van der Waals surface area (Å²) in [5.41, 5.74) is 11.2. The van der Waals surface area contributed by atoms with Gasteiger partial charge in [0.15, 0.2) is 0 Å². The van der Waals surface area contributed by atoms with E-state index in [1.54, 1.807) is 11.1 Å². The number of aryl methyl sites for hydroxylation is 1. The van der Waals surface area contributed by atoms with Crippen molar-refractivity contribution in [3.8, 4) is 22.3 Å². The molecule has 0 N–H and O–H groups in total. The molecule has 3 aromatic carbocycles. The van der Waals surface area contributed by atoms with Crippen LogP contribution in [0.25, 0.3) is 22.3 Å². The fraction of sp³-hybridized carbons (Fsp3) is 0.250. The molecule has 27 heavy (non-hydrogen) atoms. The summed E-state index contributed by atoms with van der Waals surface area (Å²) in [5, 5.41) is 0. The highest BCUT2D eigenvalue weighted by Gasteiger charge is 2.21. The summed E-state index contributed by atoms with van der Waals surface area (Å²) in [6.45, 7) is 0. The van der Waals surface area contributed by atoms with E-state index in [2.05, 4.69) is 88.4 Å². The van der Waals surface area contributed by atoms with Crippen molar-refractivity contribution in [3.63, 3.8) is 0 Å². The van der Waals surface area contributed by atoms with Crippen molar-refractivity contribution in [2.75, 3.05) is 6.16 Å². The number of benzene rings is 3. The van der Waals surface area contributed by atoms with Crippen LogP contribution in [0.2, 0.25) is 0 Å². The Morgan fingerprint density at radius 2 is 1.26 bits per heavy atom. The van der Waals surface area contributed by atoms with Crippen LogP contribution < -0.4 is 0 Å². The quantitative estimate of drug-likeness (QED) is 0.413. The van der Waals surface area contributed by atoms with Gasteiger partial charge in [0, 0.05) is 0 Å². The van der Waals surface area contributed by atoms with Gasteiger partial charge in [-0.3, -0.25) is 0 Å². The molecule has 0 radical (unpaired) electrons. The summed E-state index contributed by atoms with van der Waals surface area (Å²) in [5.74, 6) is 0.733. The molecule has 0 saturated heterocycles. The maximum atomic E-state index is 2.91. The Kier molecular flexibility index (Phi) is 6.09. The maximum absolute atomic E-state index is 2.91. The van der Waals surface area contributed by atoms with Gasteiger partial charge in [-0.1, -0.05) is 60.7 Å². The van der Waals surface area contributed by atoms with Crippen molar-refractivity contribution in [2.24, 2.45) is 0 Å². The average molecular weight is 408 g/mol. The summed E-state index contributed by atoms with van der Waals surface area (Å²) in [4.78, 5) is 0. The molecule has 0 aromatic heterocycles. The van der Waals surface area contributed by atoms with Crippen LogP contribution in [-0.2, 0) is 18.7 Å². The summed E-state index contributed by atoms with van der Waals surface area (Å²) < 4.78 is 0. The molecule has 0 spiro atoms. The summed E-state index contributed by atoms with van der Waals surface area (Å²) >= 11 is 0. The predicted molar refractivity (Wildman–Crippen MR) is 130 cm³/mol. The van der Waals surface area contributed by atoms with Gasteiger partial charge in [-0.05, 0) is 81.8 Å². The molecule has 1 aliphatic carbocycles. The largest absolute Gasteiger partial charge is 0.137 e. The lowest BCUT2D eigenvalue weighted by atomic mass is 9.95. The molecule has 3 heteroatoms. The van der Waals surface area contributed by atoms with E-state index < -0.39 is 0 Å². The first kappa shape index (κ1) is 19.3. The van der Waals surface area contributed by atoms with E-state index in [0.717, 1.165) is 18.2 Å². The molecule has 0 nitrogen and oxygen atoms in total. The Bertz CT molecular complexity index is 944. The summed E-state index contributed by atoms with van der Waals surface area (Å²) in [6, 6.07) is 23.0.